The lowest BCUT2D eigenvalue weighted by atomic mass is 9.44. The zero-order valence-corrected chi connectivity index (χ0v) is 30.0. The molecule has 8 aliphatic carbocycles. The average Bonchev–Trinajstić information content (AvgIpc) is 3.47. The molecule has 8 aliphatic rings. The maximum absolute atomic E-state index is 16.9. The normalized spacial score (nSPS) is 52.6. The van der Waals surface area contributed by atoms with Crippen molar-refractivity contribution in [2.24, 2.45) is 57.2 Å². The van der Waals surface area contributed by atoms with Gasteiger partial charge in [0.2, 0.25) is 0 Å². The molecule has 49 heavy (non-hydrogen) atoms. The minimum absolute atomic E-state index is 0.0676. The predicted octanol–water partition coefficient (Wildman–Crippen LogP) is 5.77. The SMILES string of the molecule is C[C@@H]1C[C@H]2[C@@H]3CCC4=CC(=O)C=C[C@]4(C)[C@@]3(F)[C@@H](O)C[C@]2(C)[C@@]1(O)C(=O)CO.C[C@]12CC[C@H]3[C@@H](CCC4=CC(=O)CC[C@@]43C)[C@@H]1CC[C@@H]2O. The number of alkyl halides is 1. The van der Waals surface area contributed by atoms with Crippen LogP contribution in [0.4, 0.5) is 4.39 Å². The van der Waals surface area contributed by atoms with E-state index in [0.717, 1.165) is 37.5 Å². The van der Waals surface area contributed by atoms with E-state index in [1.54, 1.807) is 26.8 Å². The van der Waals surface area contributed by atoms with E-state index in [9.17, 15) is 34.8 Å². The molecule has 0 saturated heterocycles. The van der Waals surface area contributed by atoms with Crippen molar-refractivity contribution >= 4 is 17.3 Å². The Morgan fingerprint density at radius 3 is 2.29 bits per heavy atom. The lowest BCUT2D eigenvalue weighted by molar-refractivity contribution is -0.219. The summed E-state index contributed by atoms with van der Waals surface area (Å²) in [6.07, 6.45) is 15.1. The topological polar surface area (TPSA) is 132 Å². The third-order valence-corrected chi connectivity index (χ3v) is 16.7. The summed E-state index contributed by atoms with van der Waals surface area (Å²) in [4.78, 5) is 36.2. The summed E-state index contributed by atoms with van der Waals surface area (Å²) < 4.78 is 16.9. The highest BCUT2D eigenvalue weighted by atomic mass is 19.1. The molecule has 0 aromatic carbocycles. The molecule has 14 atom stereocenters. The first-order valence-corrected chi connectivity index (χ1v) is 19.0. The summed E-state index contributed by atoms with van der Waals surface area (Å²) in [7, 11) is 0. The lowest BCUT2D eigenvalue weighted by Crippen LogP contribution is -2.69. The van der Waals surface area contributed by atoms with Gasteiger partial charge in [-0.2, -0.15) is 0 Å². The van der Waals surface area contributed by atoms with Gasteiger partial charge in [-0.25, -0.2) is 4.39 Å². The second kappa shape index (κ2) is 11.5. The summed E-state index contributed by atoms with van der Waals surface area (Å²) in [5.74, 6) is 0.455. The molecule has 0 amide bonds. The number of Topliss-reactive ketones (excluding diaryl/α,β-unsaturated/α-hetero) is 1. The van der Waals surface area contributed by atoms with Gasteiger partial charge in [-0.05, 0) is 136 Å². The van der Waals surface area contributed by atoms with E-state index in [1.165, 1.54) is 43.4 Å². The van der Waals surface area contributed by atoms with Crippen LogP contribution in [0.1, 0.15) is 112 Å². The molecule has 270 valence electrons. The fraction of sp³-hybridized carbons (Fsp3) is 0.780. The van der Waals surface area contributed by atoms with Gasteiger partial charge in [-0.15, -0.1) is 0 Å². The highest BCUT2D eigenvalue weighted by Crippen LogP contribution is 2.71. The summed E-state index contributed by atoms with van der Waals surface area (Å²) in [6.45, 7) is 9.24. The monoisotopic (exact) mass is 680 g/mol. The van der Waals surface area contributed by atoms with Crippen LogP contribution >= 0.6 is 0 Å². The van der Waals surface area contributed by atoms with Gasteiger partial charge in [0.15, 0.2) is 23.0 Å². The minimum Gasteiger partial charge on any atom is -0.393 e. The zero-order valence-electron chi connectivity index (χ0n) is 30.0. The van der Waals surface area contributed by atoms with E-state index in [2.05, 4.69) is 13.8 Å². The van der Waals surface area contributed by atoms with E-state index in [4.69, 9.17) is 0 Å². The maximum Gasteiger partial charge on any atom is 0.190 e. The van der Waals surface area contributed by atoms with E-state index in [0.29, 0.717) is 36.5 Å². The van der Waals surface area contributed by atoms with Gasteiger partial charge < -0.3 is 20.4 Å². The number of rotatable bonds is 2. The van der Waals surface area contributed by atoms with Gasteiger partial charge in [0.05, 0.1) is 12.2 Å². The molecule has 0 bridgehead atoms. The van der Waals surface area contributed by atoms with Crippen molar-refractivity contribution in [2.45, 2.75) is 135 Å². The lowest BCUT2D eigenvalue weighted by Gasteiger charge is -2.62. The average molecular weight is 681 g/mol. The van der Waals surface area contributed by atoms with Crippen LogP contribution in [-0.2, 0) is 14.4 Å². The molecular weight excluding hydrogens is 623 g/mol. The first kappa shape index (κ1) is 35.4. The van der Waals surface area contributed by atoms with Crippen molar-refractivity contribution in [2.75, 3.05) is 6.61 Å². The molecule has 7 nitrogen and oxygen atoms in total. The fourth-order valence-electron chi connectivity index (χ4n) is 13.8. The van der Waals surface area contributed by atoms with Crippen LogP contribution in [0.15, 0.2) is 35.5 Å². The first-order valence-electron chi connectivity index (χ1n) is 19.0. The Kier molecular flexibility index (Phi) is 8.31. The number of ketones is 3. The molecule has 0 spiro atoms. The van der Waals surface area contributed by atoms with E-state index in [-0.39, 0.29) is 35.1 Å². The Morgan fingerprint density at radius 2 is 1.57 bits per heavy atom. The van der Waals surface area contributed by atoms with E-state index >= 15 is 4.39 Å². The molecule has 0 aromatic rings. The number of halogens is 1. The number of carbonyl (C=O) groups excluding carboxylic acids is 3. The molecule has 4 N–H and O–H groups in total. The number of hydrogen-bond donors (Lipinski definition) is 4. The highest BCUT2D eigenvalue weighted by molar-refractivity contribution is 6.01. The zero-order chi connectivity index (χ0) is 35.5. The number of aliphatic hydroxyl groups is 4. The van der Waals surface area contributed by atoms with Gasteiger partial charge in [0.25, 0.3) is 0 Å². The Bertz CT molecular complexity index is 1530. The summed E-state index contributed by atoms with van der Waals surface area (Å²) >= 11 is 0. The molecule has 8 heteroatoms. The first-order chi connectivity index (χ1) is 22.9. The van der Waals surface area contributed by atoms with Crippen molar-refractivity contribution in [1.29, 1.82) is 0 Å². The van der Waals surface area contributed by atoms with Gasteiger partial charge in [0, 0.05) is 23.2 Å². The second-order valence-electron chi connectivity index (χ2n) is 18.4. The standard InChI is InChI=1S/C22H29FO5.C19H28O2/c1-12-8-16-15-5-4-13-9-14(25)6-7-19(13,2)21(15,23)17(26)10-20(16,3)22(12,28)18(27)11-24;1-18-9-7-13(20)11-12(18)3-4-14-15-5-6-17(21)19(15,2)10-8-16(14)18/h6-7,9,12,15-17,24,26,28H,4-5,8,10-11H2,1-3H3;11,14-17,21H,3-10H2,1-2H3/t12-,15+,16+,17+,19+,20+,21+,22+;14-,15-,16-,17-,18-,19-/m10/s1. The van der Waals surface area contributed by atoms with Crippen molar-refractivity contribution in [3.8, 4) is 0 Å². The van der Waals surface area contributed by atoms with Gasteiger partial charge >= 0.3 is 0 Å². The number of fused-ring (bicyclic) bond motifs is 10. The van der Waals surface area contributed by atoms with Crippen LogP contribution < -0.4 is 0 Å². The third kappa shape index (κ3) is 4.54. The van der Waals surface area contributed by atoms with Crippen LogP contribution in [0.3, 0.4) is 0 Å². The molecule has 0 radical (unpaired) electrons. The number of carbonyl (C=O) groups is 3. The molecule has 6 fully saturated rings. The molecular formula is C41H57FO7. The van der Waals surface area contributed by atoms with Crippen molar-refractivity contribution < 1.29 is 39.2 Å². The molecule has 0 aromatic heterocycles. The Balaban J connectivity index is 0.000000160. The van der Waals surface area contributed by atoms with Crippen LogP contribution in [0, 0.1) is 57.2 Å². The Labute approximate surface area is 290 Å². The Hall–Kier alpha value is -2.00. The second-order valence-corrected chi connectivity index (χ2v) is 18.4. The number of allylic oxidation sites excluding steroid dienone is 5. The summed E-state index contributed by atoms with van der Waals surface area (Å²) in [5.41, 5.74) is -3.28. The highest BCUT2D eigenvalue weighted by Gasteiger charge is 2.75. The van der Waals surface area contributed by atoms with E-state index < -0.39 is 52.4 Å². The molecule has 8 rings (SSSR count). The smallest absolute Gasteiger partial charge is 0.190 e. The maximum atomic E-state index is 16.9. The predicted molar refractivity (Wildman–Crippen MR) is 183 cm³/mol. The molecule has 0 heterocycles. The largest absolute Gasteiger partial charge is 0.393 e. The van der Waals surface area contributed by atoms with Crippen LogP contribution in [-0.4, -0.2) is 67.9 Å². The Morgan fingerprint density at radius 1 is 0.857 bits per heavy atom. The third-order valence-electron chi connectivity index (χ3n) is 16.7. The fourth-order valence-corrected chi connectivity index (χ4v) is 13.8. The summed E-state index contributed by atoms with van der Waals surface area (Å²) in [6, 6.07) is 0. The van der Waals surface area contributed by atoms with Gasteiger partial charge in [-0.3, -0.25) is 14.4 Å². The van der Waals surface area contributed by atoms with E-state index in [1.807, 2.05) is 6.08 Å². The minimum atomic E-state index is -1.98. The number of hydrogen-bond acceptors (Lipinski definition) is 7. The van der Waals surface area contributed by atoms with Crippen molar-refractivity contribution in [3.05, 3.63) is 35.5 Å². The summed E-state index contributed by atoms with van der Waals surface area (Å²) in [5, 5.41) is 42.4. The van der Waals surface area contributed by atoms with Gasteiger partial charge in [-0.1, -0.05) is 44.9 Å². The molecule has 0 aliphatic heterocycles. The van der Waals surface area contributed by atoms with Crippen molar-refractivity contribution in [3.63, 3.8) is 0 Å². The van der Waals surface area contributed by atoms with Crippen molar-refractivity contribution in [1.82, 2.24) is 0 Å². The van der Waals surface area contributed by atoms with Gasteiger partial charge in [0.1, 0.15) is 12.2 Å². The molecule has 0 unspecified atom stereocenters. The van der Waals surface area contributed by atoms with Crippen LogP contribution in [0.25, 0.3) is 0 Å². The van der Waals surface area contributed by atoms with Crippen LogP contribution in [0.2, 0.25) is 0 Å². The number of aliphatic hydroxyl groups excluding tert-OH is 3. The molecule has 6 saturated carbocycles. The quantitative estimate of drug-likeness (QED) is 0.291. The van der Waals surface area contributed by atoms with Crippen LogP contribution in [0.5, 0.6) is 0 Å².